The Kier molecular flexibility index (Phi) is 3.99. The number of ether oxygens (including phenoxy) is 1. The Bertz CT molecular complexity index is 612. The van der Waals surface area contributed by atoms with Crippen LogP contribution in [0.3, 0.4) is 0 Å². The zero-order valence-electron chi connectivity index (χ0n) is 10.4. The molecule has 2 aromatic carbocycles. The molecule has 0 aliphatic rings. The number of halogens is 3. The van der Waals surface area contributed by atoms with E-state index in [4.69, 9.17) is 11.2 Å². The molecular formula is C16H11F3O. The van der Waals surface area contributed by atoms with Crippen molar-refractivity contribution in [3.63, 3.8) is 0 Å². The molecule has 102 valence electrons. The Morgan fingerprint density at radius 3 is 2.30 bits per heavy atom. The van der Waals surface area contributed by atoms with Crippen molar-refractivity contribution in [3.05, 3.63) is 65.7 Å². The van der Waals surface area contributed by atoms with Gasteiger partial charge >= 0.3 is 6.18 Å². The lowest BCUT2D eigenvalue weighted by atomic mass is 10.1. The van der Waals surface area contributed by atoms with Gasteiger partial charge in [-0.15, -0.1) is 6.42 Å². The Hall–Kier alpha value is -2.41. The van der Waals surface area contributed by atoms with E-state index in [1.807, 2.05) is 6.07 Å². The standard InChI is InChI=1S/C16H11F3O/c1-2-15(20-14-9-4-3-5-10-14)12-7-6-8-13(11-12)16(17,18)19/h1,3-11,15H. The first-order valence-corrected chi connectivity index (χ1v) is 5.85. The van der Waals surface area contributed by atoms with Crippen LogP contribution in [0.2, 0.25) is 0 Å². The maximum Gasteiger partial charge on any atom is 0.416 e. The molecule has 0 aromatic heterocycles. The zero-order chi connectivity index (χ0) is 14.6. The summed E-state index contributed by atoms with van der Waals surface area (Å²) in [5, 5.41) is 0. The van der Waals surface area contributed by atoms with Gasteiger partial charge in [-0.3, -0.25) is 0 Å². The molecule has 0 radical (unpaired) electrons. The molecule has 0 spiro atoms. The summed E-state index contributed by atoms with van der Waals surface area (Å²) in [5.41, 5.74) is -0.446. The van der Waals surface area contributed by atoms with E-state index < -0.39 is 17.8 Å². The van der Waals surface area contributed by atoms with Crippen LogP contribution in [0.5, 0.6) is 5.75 Å². The molecule has 4 heteroatoms. The van der Waals surface area contributed by atoms with Gasteiger partial charge in [0.15, 0.2) is 6.10 Å². The van der Waals surface area contributed by atoms with E-state index in [1.165, 1.54) is 12.1 Å². The maximum atomic E-state index is 12.7. The molecule has 0 fully saturated rings. The second-order valence-corrected chi connectivity index (χ2v) is 4.10. The fraction of sp³-hybridized carbons (Fsp3) is 0.125. The summed E-state index contributed by atoms with van der Waals surface area (Å²) >= 11 is 0. The highest BCUT2D eigenvalue weighted by molar-refractivity contribution is 5.32. The van der Waals surface area contributed by atoms with E-state index >= 15 is 0 Å². The smallest absolute Gasteiger partial charge is 0.416 e. The fourth-order valence-electron chi connectivity index (χ4n) is 1.71. The summed E-state index contributed by atoms with van der Waals surface area (Å²) in [7, 11) is 0. The number of terminal acetylenes is 1. The molecule has 0 saturated heterocycles. The predicted octanol–water partition coefficient (Wildman–Crippen LogP) is 4.46. The van der Waals surface area contributed by atoms with Gasteiger partial charge in [0.1, 0.15) is 5.75 Å². The Balaban J connectivity index is 2.27. The van der Waals surface area contributed by atoms with Crippen LogP contribution in [-0.4, -0.2) is 0 Å². The molecule has 1 nitrogen and oxygen atoms in total. The minimum atomic E-state index is -4.40. The van der Waals surface area contributed by atoms with E-state index in [0.29, 0.717) is 11.3 Å². The highest BCUT2D eigenvalue weighted by atomic mass is 19.4. The monoisotopic (exact) mass is 276 g/mol. The third kappa shape index (κ3) is 3.33. The molecule has 1 atom stereocenters. The lowest BCUT2D eigenvalue weighted by Crippen LogP contribution is -2.09. The molecule has 0 N–H and O–H groups in total. The van der Waals surface area contributed by atoms with Crippen molar-refractivity contribution in [2.45, 2.75) is 12.3 Å². The molecule has 0 heterocycles. The van der Waals surface area contributed by atoms with Crippen LogP contribution in [0, 0.1) is 12.3 Å². The first-order chi connectivity index (χ1) is 9.50. The molecule has 0 aliphatic heterocycles. The average molecular weight is 276 g/mol. The van der Waals surface area contributed by atoms with Gasteiger partial charge in [-0.25, -0.2) is 0 Å². The molecular weight excluding hydrogens is 265 g/mol. The van der Waals surface area contributed by atoms with Crippen molar-refractivity contribution < 1.29 is 17.9 Å². The SMILES string of the molecule is C#CC(Oc1ccccc1)c1cccc(C(F)(F)F)c1. The van der Waals surface area contributed by atoms with Crippen molar-refractivity contribution in [3.8, 4) is 18.1 Å². The zero-order valence-corrected chi connectivity index (χ0v) is 10.4. The Morgan fingerprint density at radius 1 is 1.00 bits per heavy atom. The Morgan fingerprint density at radius 2 is 1.70 bits per heavy atom. The molecule has 0 saturated carbocycles. The molecule has 0 bridgehead atoms. The van der Waals surface area contributed by atoms with Crippen molar-refractivity contribution in [1.29, 1.82) is 0 Å². The van der Waals surface area contributed by atoms with E-state index in [2.05, 4.69) is 5.92 Å². The predicted molar refractivity (Wildman–Crippen MR) is 70.1 cm³/mol. The number of hydrogen-bond acceptors (Lipinski definition) is 1. The summed E-state index contributed by atoms with van der Waals surface area (Å²) in [6.45, 7) is 0. The Labute approximate surface area is 115 Å². The summed E-state index contributed by atoms with van der Waals surface area (Å²) < 4.78 is 43.5. The quantitative estimate of drug-likeness (QED) is 0.752. The van der Waals surface area contributed by atoms with Crippen LogP contribution in [0.1, 0.15) is 17.2 Å². The minimum absolute atomic E-state index is 0.297. The highest BCUT2D eigenvalue weighted by Gasteiger charge is 2.31. The number of benzene rings is 2. The van der Waals surface area contributed by atoms with Crippen molar-refractivity contribution in [2.24, 2.45) is 0 Å². The van der Waals surface area contributed by atoms with Crippen molar-refractivity contribution in [2.75, 3.05) is 0 Å². The number of rotatable bonds is 3. The summed E-state index contributed by atoms with van der Waals surface area (Å²) in [5.74, 6) is 2.86. The van der Waals surface area contributed by atoms with Gasteiger partial charge < -0.3 is 4.74 Å². The molecule has 0 aliphatic carbocycles. The lowest BCUT2D eigenvalue weighted by molar-refractivity contribution is -0.137. The van der Waals surface area contributed by atoms with Gasteiger partial charge in [-0.1, -0.05) is 36.3 Å². The summed E-state index contributed by atoms with van der Waals surface area (Å²) in [6, 6.07) is 13.6. The highest BCUT2D eigenvalue weighted by Crippen LogP contribution is 2.31. The first-order valence-electron chi connectivity index (χ1n) is 5.85. The maximum absolute atomic E-state index is 12.7. The largest absolute Gasteiger partial charge is 0.473 e. The number of para-hydroxylation sites is 1. The molecule has 2 rings (SSSR count). The second kappa shape index (κ2) is 5.70. The molecule has 0 amide bonds. The number of hydrogen-bond donors (Lipinski definition) is 0. The third-order valence-electron chi connectivity index (χ3n) is 2.67. The average Bonchev–Trinajstić information content (AvgIpc) is 2.45. The van der Waals surface area contributed by atoms with Crippen LogP contribution in [0.25, 0.3) is 0 Å². The lowest BCUT2D eigenvalue weighted by Gasteiger charge is -2.15. The number of alkyl halides is 3. The van der Waals surface area contributed by atoms with Gasteiger partial charge in [-0.05, 0) is 24.3 Å². The third-order valence-corrected chi connectivity index (χ3v) is 2.67. The second-order valence-electron chi connectivity index (χ2n) is 4.10. The van der Waals surface area contributed by atoms with Crippen LogP contribution >= 0.6 is 0 Å². The van der Waals surface area contributed by atoms with Gasteiger partial charge in [0.2, 0.25) is 0 Å². The summed E-state index contributed by atoms with van der Waals surface area (Å²) in [6.07, 6.45) is 0.0932. The van der Waals surface area contributed by atoms with E-state index in [0.717, 1.165) is 12.1 Å². The van der Waals surface area contributed by atoms with Crippen LogP contribution < -0.4 is 4.74 Å². The molecule has 20 heavy (non-hydrogen) atoms. The van der Waals surface area contributed by atoms with E-state index in [1.54, 1.807) is 24.3 Å². The fourth-order valence-corrected chi connectivity index (χ4v) is 1.71. The van der Waals surface area contributed by atoms with Crippen LogP contribution in [0.4, 0.5) is 13.2 Å². The van der Waals surface area contributed by atoms with E-state index in [9.17, 15) is 13.2 Å². The van der Waals surface area contributed by atoms with Gasteiger partial charge in [0.05, 0.1) is 5.56 Å². The molecule has 1 unspecified atom stereocenters. The molecule has 2 aromatic rings. The topological polar surface area (TPSA) is 9.23 Å². The van der Waals surface area contributed by atoms with Crippen LogP contribution in [-0.2, 0) is 6.18 Å². The minimum Gasteiger partial charge on any atom is -0.473 e. The van der Waals surface area contributed by atoms with Gasteiger partial charge in [-0.2, -0.15) is 13.2 Å². The van der Waals surface area contributed by atoms with Crippen molar-refractivity contribution in [1.82, 2.24) is 0 Å². The van der Waals surface area contributed by atoms with Crippen molar-refractivity contribution >= 4 is 0 Å². The first kappa shape index (κ1) is 14.0. The summed E-state index contributed by atoms with van der Waals surface area (Å²) in [4.78, 5) is 0. The van der Waals surface area contributed by atoms with Gasteiger partial charge in [0.25, 0.3) is 0 Å². The van der Waals surface area contributed by atoms with Crippen LogP contribution in [0.15, 0.2) is 54.6 Å². The van der Waals surface area contributed by atoms with Gasteiger partial charge in [0, 0.05) is 5.56 Å². The van der Waals surface area contributed by atoms with E-state index in [-0.39, 0.29) is 0 Å². The normalized spacial score (nSPS) is 12.5.